The second kappa shape index (κ2) is 10.8. The largest absolute Gasteiger partial charge is 0.478 e. The molecule has 160 valence electrons. The van der Waals surface area contributed by atoms with Crippen LogP contribution in [0.1, 0.15) is 53.6 Å². The van der Waals surface area contributed by atoms with E-state index in [2.05, 4.69) is 16.3 Å². The molecule has 1 aliphatic heterocycles. The van der Waals surface area contributed by atoms with E-state index in [0.717, 1.165) is 42.7 Å². The summed E-state index contributed by atoms with van der Waals surface area (Å²) in [5, 5.41) is 12.2. The van der Waals surface area contributed by atoms with Gasteiger partial charge in [0.2, 0.25) is 5.91 Å². The van der Waals surface area contributed by atoms with Crippen molar-refractivity contribution in [2.24, 2.45) is 0 Å². The van der Waals surface area contributed by atoms with E-state index in [-0.39, 0.29) is 11.5 Å². The van der Waals surface area contributed by atoms with Crippen LogP contribution in [-0.4, -0.2) is 49.8 Å². The average Bonchev–Trinajstić information content (AvgIpc) is 2.78. The molecule has 1 aliphatic rings. The molecule has 1 atom stereocenters. The highest BCUT2D eigenvalue weighted by Crippen LogP contribution is 2.34. The predicted molar refractivity (Wildman–Crippen MR) is 117 cm³/mol. The molecule has 1 heterocycles. The third kappa shape index (κ3) is 5.39. The molecule has 0 bridgehead atoms. The monoisotopic (exact) mass is 410 g/mol. The first-order chi connectivity index (χ1) is 14.6. The molecule has 1 unspecified atom stereocenters. The first-order valence-corrected chi connectivity index (χ1v) is 10.6. The van der Waals surface area contributed by atoms with Gasteiger partial charge in [0.15, 0.2) is 0 Å². The summed E-state index contributed by atoms with van der Waals surface area (Å²) in [5.41, 5.74) is 3.00. The number of carboxylic acids is 1. The molecule has 1 saturated heterocycles. The van der Waals surface area contributed by atoms with Crippen molar-refractivity contribution in [1.82, 2.24) is 5.32 Å². The predicted octanol–water partition coefficient (Wildman–Crippen LogP) is 3.66. The van der Waals surface area contributed by atoms with Crippen molar-refractivity contribution >= 4 is 17.6 Å². The maximum Gasteiger partial charge on any atom is 0.335 e. The number of anilines is 1. The normalized spacial score (nSPS) is 14.9. The summed E-state index contributed by atoms with van der Waals surface area (Å²) in [6.45, 7) is 5.38. The lowest BCUT2D eigenvalue weighted by Gasteiger charge is -2.32. The van der Waals surface area contributed by atoms with Gasteiger partial charge in [-0.15, -0.1) is 0 Å². The van der Waals surface area contributed by atoms with Crippen molar-refractivity contribution in [3.63, 3.8) is 0 Å². The van der Waals surface area contributed by atoms with Crippen LogP contribution in [0.5, 0.6) is 0 Å². The first kappa shape index (κ1) is 21.8. The maximum absolute atomic E-state index is 13.3. The summed E-state index contributed by atoms with van der Waals surface area (Å²) >= 11 is 0. The number of carbonyl (C=O) groups excluding carboxylic acids is 1. The van der Waals surface area contributed by atoms with Crippen molar-refractivity contribution in [2.75, 3.05) is 37.7 Å². The Hall–Kier alpha value is -2.86. The Morgan fingerprint density at radius 2 is 1.77 bits per heavy atom. The third-order valence-corrected chi connectivity index (χ3v) is 5.45. The van der Waals surface area contributed by atoms with Crippen molar-refractivity contribution in [2.45, 2.75) is 32.1 Å². The van der Waals surface area contributed by atoms with Crippen LogP contribution in [0.4, 0.5) is 5.69 Å². The number of aromatic carboxylic acids is 1. The smallest absolute Gasteiger partial charge is 0.335 e. The first-order valence-electron chi connectivity index (χ1n) is 10.6. The van der Waals surface area contributed by atoms with Crippen molar-refractivity contribution in [1.29, 1.82) is 0 Å². The molecule has 0 aliphatic carbocycles. The molecular formula is C24H30N2O4. The molecule has 6 nitrogen and oxygen atoms in total. The Balaban J connectivity index is 1.95. The number of rotatable bonds is 9. The molecule has 0 saturated carbocycles. The molecule has 0 spiro atoms. The number of hydrogen-bond donors (Lipinski definition) is 2. The molecule has 2 aromatic carbocycles. The Kier molecular flexibility index (Phi) is 7.85. The average molecular weight is 411 g/mol. The third-order valence-electron chi connectivity index (χ3n) is 5.45. The van der Waals surface area contributed by atoms with Crippen molar-refractivity contribution < 1.29 is 19.4 Å². The van der Waals surface area contributed by atoms with Crippen LogP contribution in [0.2, 0.25) is 0 Å². The topological polar surface area (TPSA) is 78.9 Å². The summed E-state index contributed by atoms with van der Waals surface area (Å²) in [7, 11) is 0. The van der Waals surface area contributed by atoms with E-state index in [1.165, 1.54) is 6.42 Å². The van der Waals surface area contributed by atoms with Gasteiger partial charge < -0.3 is 20.1 Å². The number of benzene rings is 2. The summed E-state index contributed by atoms with van der Waals surface area (Å²) in [6, 6.07) is 14.6. The van der Waals surface area contributed by atoms with Gasteiger partial charge in [-0.2, -0.15) is 0 Å². The SMILES string of the molecule is CCOCCNC(=O)C(c1ccc(C(=O)O)cc1)c1ccccc1N1CCCCC1. The fraction of sp³-hybridized carbons (Fsp3) is 0.417. The minimum atomic E-state index is -0.979. The highest BCUT2D eigenvalue weighted by Gasteiger charge is 2.27. The minimum Gasteiger partial charge on any atom is -0.478 e. The number of nitrogens with one attached hydrogen (secondary N) is 1. The van der Waals surface area contributed by atoms with Crippen LogP contribution in [0.15, 0.2) is 48.5 Å². The Labute approximate surface area is 177 Å². The van der Waals surface area contributed by atoms with Gasteiger partial charge in [-0.1, -0.05) is 30.3 Å². The van der Waals surface area contributed by atoms with E-state index >= 15 is 0 Å². The van der Waals surface area contributed by atoms with Crippen LogP contribution in [-0.2, 0) is 9.53 Å². The Morgan fingerprint density at radius 1 is 1.07 bits per heavy atom. The molecule has 1 fully saturated rings. The second-order valence-corrected chi connectivity index (χ2v) is 7.45. The number of carbonyl (C=O) groups is 2. The summed E-state index contributed by atoms with van der Waals surface area (Å²) in [5.74, 6) is -1.61. The standard InChI is InChI=1S/C24H30N2O4/c1-2-30-17-14-25-23(27)22(18-10-12-19(13-11-18)24(28)29)20-8-4-5-9-21(20)26-15-6-3-7-16-26/h4-5,8-13,22H,2-3,6-7,14-17H2,1H3,(H,25,27)(H,28,29). The van der Waals surface area contributed by atoms with E-state index < -0.39 is 11.9 Å². The number of carboxylic acid groups (broad SMARTS) is 1. The van der Waals surface area contributed by atoms with Gasteiger partial charge >= 0.3 is 5.97 Å². The Bertz CT molecular complexity index is 845. The van der Waals surface area contributed by atoms with Crippen LogP contribution in [0, 0.1) is 0 Å². The van der Waals surface area contributed by atoms with Crippen molar-refractivity contribution in [3.05, 3.63) is 65.2 Å². The molecule has 6 heteroatoms. The fourth-order valence-corrected chi connectivity index (χ4v) is 3.94. The zero-order valence-corrected chi connectivity index (χ0v) is 17.5. The lowest BCUT2D eigenvalue weighted by atomic mass is 9.88. The molecule has 3 rings (SSSR count). The number of hydrogen-bond acceptors (Lipinski definition) is 4. The van der Waals surface area contributed by atoms with E-state index in [9.17, 15) is 14.7 Å². The van der Waals surface area contributed by atoms with Crippen LogP contribution < -0.4 is 10.2 Å². The number of para-hydroxylation sites is 1. The van der Waals surface area contributed by atoms with E-state index in [1.807, 2.05) is 25.1 Å². The fourth-order valence-electron chi connectivity index (χ4n) is 3.94. The highest BCUT2D eigenvalue weighted by atomic mass is 16.5. The molecule has 30 heavy (non-hydrogen) atoms. The molecule has 1 amide bonds. The van der Waals surface area contributed by atoms with Gasteiger partial charge in [-0.25, -0.2) is 4.79 Å². The Morgan fingerprint density at radius 3 is 2.43 bits per heavy atom. The summed E-state index contributed by atoms with van der Waals surface area (Å²) in [6.07, 6.45) is 3.52. The summed E-state index contributed by atoms with van der Waals surface area (Å²) in [4.78, 5) is 26.9. The van der Waals surface area contributed by atoms with E-state index in [4.69, 9.17) is 4.74 Å². The molecule has 2 N–H and O–H groups in total. The quantitative estimate of drug-likeness (QED) is 0.617. The van der Waals surface area contributed by atoms with Crippen LogP contribution in [0.25, 0.3) is 0 Å². The van der Waals surface area contributed by atoms with Crippen LogP contribution in [0.3, 0.4) is 0 Å². The highest BCUT2D eigenvalue weighted by molar-refractivity contribution is 5.90. The van der Waals surface area contributed by atoms with Gasteiger partial charge in [0.1, 0.15) is 0 Å². The zero-order valence-electron chi connectivity index (χ0n) is 17.5. The van der Waals surface area contributed by atoms with E-state index in [0.29, 0.717) is 19.8 Å². The number of nitrogens with zero attached hydrogens (tertiary/aromatic N) is 1. The molecule has 0 radical (unpaired) electrons. The summed E-state index contributed by atoms with van der Waals surface area (Å²) < 4.78 is 5.35. The minimum absolute atomic E-state index is 0.109. The van der Waals surface area contributed by atoms with Gasteiger partial charge in [-0.3, -0.25) is 4.79 Å². The van der Waals surface area contributed by atoms with E-state index in [1.54, 1.807) is 24.3 Å². The molecular weight excluding hydrogens is 380 g/mol. The van der Waals surface area contributed by atoms with Gasteiger partial charge in [0.25, 0.3) is 0 Å². The van der Waals surface area contributed by atoms with Gasteiger partial charge in [0, 0.05) is 31.9 Å². The molecule has 2 aromatic rings. The number of ether oxygens (including phenoxy) is 1. The second-order valence-electron chi connectivity index (χ2n) is 7.45. The lowest BCUT2D eigenvalue weighted by molar-refractivity contribution is -0.121. The zero-order chi connectivity index (χ0) is 21.3. The molecule has 0 aromatic heterocycles. The van der Waals surface area contributed by atoms with Gasteiger partial charge in [-0.05, 0) is 55.5 Å². The maximum atomic E-state index is 13.3. The number of amides is 1. The van der Waals surface area contributed by atoms with Crippen molar-refractivity contribution in [3.8, 4) is 0 Å². The lowest BCUT2D eigenvalue weighted by Crippen LogP contribution is -2.35. The van der Waals surface area contributed by atoms with Gasteiger partial charge in [0.05, 0.1) is 18.1 Å². The van der Waals surface area contributed by atoms with Crippen LogP contribution >= 0.6 is 0 Å². The number of piperidine rings is 1.